The number of nitrogens with one attached hydrogen (secondary N) is 2. The van der Waals surface area contributed by atoms with E-state index in [1.165, 1.54) is 12.1 Å². The molecular weight excluding hydrogens is 463 g/mol. The predicted molar refractivity (Wildman–Crippen MR) is 126 cm³/mol. The Hall–Kier alpha value is -2.97. The standard InChI is InChI=1S/C23H24N6O3S.Na/c1-3-21(30)29-33(31,32)20-12-10-19(11-13-20)27-23-25-15-16(2)22(28-23)26-18-8-6-17(7-9-18)5-4-14-24;/h6-13,15H,3-5H2,1-2H3,(H3,25,26,27,28,29,30);/q;+1/p-1. The number of carbonyl (C=O) groups is 1. The molecule has 3 aromatic rings. The quantitative estimate of drug-likeness (QED) is 0.436. The Bertz CT molecular complexity index is 1270. The first-order valence-electron chi connectivity index (χ1n) is 10.2. The van der Waals surface area contributed by atoms with Crippen molar-refractivity contribution in [3.8, 4) is 6.07 Å². The summed E-state index contributed by atoms with van der Waals surface area (Å²) in [6, 6.07) is 15.7. The van der Waals surface area contributed by atoms with Gasteiger partial charge >= 0.3 is 29.6 Å². The number of aromatic nitrogens is 2. The zero-order valence-corrected chi connectivity index (χ0v) is 22.1. The zero-order valence-electron chi connectivity index (χ0n) is 19.2. The van der Waals surface area contributed by atoms with Crippen LogP contribution in [0.3, 0.4) is 0 Å². The van der Waals surface area contributed by atoms with Gasteiger partial charge in [0.05, 0.1) is 16.9 Å². The summed E-state index contributed by atoms with van der Waals surface area (Å²) < 4.78 is 27.5. The summed E-state index contributed by atoms with van der Waals surface area (Å²) in [5, 5.41) is 15.0. The second-order valence-corrected chi connectivity index (χ2v) is 8.77. The fourth-order valence-electron chi connectivity index (χ4n) is 2.81. The molecule has 3 rings (SSSR count). The fourth-order valence-corrected chi connectivity index (χ4v) is 3.79. The number of nitriles is 1. The summed E-state index contributed by atoms with van der Waals surface area (Å²) in [5.41, 5.74) is 3.36. The van der Waals surface area contributed by atoms with Crippen molar-refractivity contribution in [3.05, 3.63) is 70.6 Å². The van der Waals surface area contributed by atoms with Crippen molar-refractivity contribution in [2.24, 2.45) is 0 Å². The smallest absolute Gasteiger partial charge is 0.542 e. The number of anilines is 4. The van der Waals surface area contributed by atoms with E-state index < -0.39 is 15.9 Å². The molecule has 0 aliphatic carbocycles. The summed E-state index contributed by atoms with van der Waals surface area (Å²) in [6.07, 6.45) is 2.88. The van der Waals surface area contributed by atoms with Crippen LogP contribution in [-0.4, -0.2) is 24.3 Å². The van der Waals surface area contributed by atoms with Gasteiger partial charge in [0.25, 0.3) is 0 Å². The molecule has 0 spiro atoms. The van der Waals surface area contributed by atoms with E-state index in [9.17, 15) is 13.2 Å². The van der Waals surface area contributed by atoms with Crippen LogP contribution in [0.15, 0.2) is 59.6 Å². The van der Waals surface area contributed by atoms with Crippen molar-refractivity contribution in [1.29, 1.82) is 5.26 Å². The Morgan fingerprint density at radius 1 is 1.06 bits per heavy atom. The number of nitrogens with zero attached hydrogens (tertiary/aromatic N) is 4. The summed E-state index contributed by atoms with van der Waals surface area (Å²) in [7, 11) is -4.03. The molecule has 9 nitrogen and oxygen atoms in total. The van der Waals surface area contributed by atoms with Gasteiger partial charge in [0, 0.05) is 29.6 Å². The Morgan fingerprint density at radius 2 is 1.68 bits per heavy atom. The molecule has 34 heavy (non-hydrogen) atoms. The molecule has 0 aliphatic rings. The molecule has 11 heteroatoms. The molecule has 0 saturated heterocycles. The maximum Gasteiger partial charge on any atom is 1.00 e. The average molecular weight is 487 g/mol. The van der Waals surface area contributed by atoms with E-state index in [0.29, 0.717) is 30.3 Å². The number of rotatable bonds is 9. The van der Waals surface area contributed by atoms with Crippen molar-refractivity contribution < 1.29 is 42.8 Å². The van der Waals surface area contributed by atoms with Gasteiger partial charge in [-0.15, -0.1) is 0 Å². The molecule has 1 heterocycles. The topological polar surface area (TPSA) is 139 Å². The van der Waals surface area contributed by atoms with Crippen molar-refractivity contribution in [2.45, 2.75) is 38.0 Å². The first-order valence-corrected chi connectivity index (χ1v) is 11.7. The predicted octanol–water partition coefficient (Wildman–Crippen LogP) is 1.73. The third-order valence-electron chi connectivity index (χ3n) is 4.65. The minimum atomic E-state index is -4.03. The third kappa shape index (κ3) is 7.53. The Balaban J connectivity index is 0.00000408. The van der Waals surface area contributed by atoms with E-state index in [1.54, 1.807) is 25.3 Å². The Labute approximate surface area is 221 Å². The normalized spacial score (nSPS) is 10.5. The summed E-state index contributed by atoms with van der Waals surface area (Å²) in [6.45, 7) is 3.43. The van der Waals surface area contributed by atoms with Crippen LogP contribution in [0.5, 0.6) is 0 Å². The van der Waals surface area contributed by atoms with Crippen molar-refractivity contribution in [1.82, 2.24) is 9.97 Å². The van der Waals surface area contributed by atoms with Crippen molar-refractivity contribution >= 4 is 39.1 Å². The van der Waals surface area contributed by atoms with Crippen LogP contribution in [0.4, 0.5) is 23.1 Å². The van der Waals surface area contributed by atoms with Crippen LogP contribution in [0.25, 0.3) is 4.72 Å². The molecule has 2 N–H and O–H groups in total. The second kappa shape index (κ2) is 12.5. The van der Waals surface area contributed by atoms with Gasteiger partial charge in [-0.1, -0.05) is 19.1 Å². The molecule has 0 aliphatic heterocycles. The van der Waals surface area contributed by atoms with Gasteiger partial charge in [0.1, 0.15) is 15.8 Å². The van der Waals surface area contributed by atoms with Gasteiger partial charge in [0.15, 0.2) is 0 Å². The molecule has 1 aromatic heterocycles. The molecule has 0 unspecified atom stereocenters. The first kappa shape index (κ1) is 27.3. The monoisotopic (exact) mass is 486 g/mol. The van der Waals surface area contributed by atoms with Crippen LogP contribution in [0.1, 0.15) is 30.9 Å². The molecule has 0 atom stereocenters. The molecule has 0 bridgehead atoms. The second-order valence-electron chi connectivity index (χ2n) is 7.17. The number of sulfonamides is 1. The molecular formula is C23H23N6NaO3S. The molecule has 170 valence electrons. The SMILES string of the molecule is CCC(=O)[N-]S(=O)(=O)c1ccc(Nc2ncc(C)c(Nc3ccc(CCC#N)cc3)n2)cc1.[Na+]. The summed E-state index contributed by atoms with van der Waals surface area (Å²) in [5.74, 6) is 0.255. The molecule has 0 radical (unpaired) electrons. The van der Waals surface area contributed by atoms with Crippen molar-refractivity contribution in [3.63, 3.8) is 0 Å². The maximum atomic E-state index is 12.1. The van der Waals surface area contributed by atoms with E-state index in [4.69, 9.17) is 5.26 Å². The zero-order chi connectivity index (χ0) is 23.8. The van der Waals surface area contributed by atoms with Gasteiger partial charge in [-0.2, -0.15) is 10.2 Å². The number of hydrogen-bond donors (Lipinski definition) is 2. The molecule has 2 aromatic carbocycles. The van der Waals surface area contributed by atoms with E-state index >= 15 is 0 Å². The van der Waals surface area contributed by atoms with Crippen LogP contribution < -0.4 is 40.2 Å². The molecule has 0 fully saturated rings. The van der Waals surface area contributed by atoms with Crippen LogP contribution in [-0.2, 0) is 21.2 Å². The van der Waals surface area contributed by atoms with Crippen LogP contribution >= 0.6 is 0 Å². The Morgan fingerprint density at radius 3 is 2.29 bits per heavy atom. The fraction of sp³-hybridized carbons (Fsp3) is 0.217. The first-order chi connectivity index (χ1) is 15.8. The number of benzene rings is 2. The average Bonchev–Trinajstić information content (AvgIpc) is 2.81. The minimum absolute atomic E-state index is 0. The van der Waals surface area contributed by atoms with Gasteiger partial charge in [-0.05, 0) is 61.7 Å². The summed E-state index contributed by atoms with van der Waals surface area (Å²) in [4.78, 5) is 20.1. The maximum absolute atomic E-state index is 12.1. The molecule has 1 amide bonds. The largest absolute Gasteiger partial charge is 1.00 e. The number of amides is 1. The number of carbonyl (C=O) groups excluding carboxylic acids is 1. The van der Waals surface area contributed by atoms with Gasteiger partial charge < -0.3 is 20.2 Å². The van der Waals surface area contributed by atoms with Crippen LogP contribution in [0.2, 0.25) is 0 Å². The van der Waals surface area contributed by atoms with E-state index in [-0.39, 0.29) is 40.9 Å². The third-order valence-corrected chi connectivity index (χ3v) is 5.96. The number of hydrogen-bond acceptors (Lipinski definition) is 8. The Kier molecular flexibility index (Phi) is 10.0. The van der Waals surface area contributed by atoms with Gasteiger partial charge in [0.2, 0.25) is 5.95 Å². The molecule has 0 saturated carbocycles. The van der Waals surface area contributed by atoms with Crippen molar-refractivity contribution in [2.75, 3.05) is 10.6 Å². The van der Waals surface area contributed by atoms with E-state index in [2.05, 4.69) is 31.4 Å². The van der Waals surface area contributed by atoms with E-state index in [0.717, 1.165) is 16.8 Å². The van der Waals surface area contributed by atoms with Crippen LogP contribution in [0, 0.1) is 18.3 Å². The van der Waals surface area contributed by atoms with Gasteiger partial charge in [-0.3, -0.25) is 0 Å². The number of aryl methyl sites for hydroxylation is 2. The van der Waals surface area contributed by atoms with E-state index in [1.807, 2.05) is 31.2 Å². The van der Waals surface area contributed by atoms with Gasteiger partial charge in [-0.25, -0.2) is 13.4 Å². The minimum Gasteiger partial charge on any atom is -0.542 e. The summed E-state index contributed by atoms with van der Waals surface area (Å²) >= 11 is 0.